The molecule has 4 heteroatoms. The second-order valence-electron chi connectivity index (χ2n) is 6.02. The molecule has 0 radical (unpaired) electrons. The third-order valence-electron chi connectivity index (χ3n) is 4.12. The van der Waals surface area contributed by atoms with Gasteiger partial charge in [-0.25, -0.2) is 4.39 Å². The van der Waals surface area contributed by atoms with Gasteiger partial charge in [0.05, 0.1) is 6.04 Å². The number of nitrogens with one attached hydrogen (secondary N) is 1. The molecule has 1 amide bonds. The van der Waals surface area contributed by atoms with Crippen molar-refractivity contribution in [1.29, 1.82) is 0 Å². The van der Waals surface area contributed by atoms with Gasteiger partial charge in [0, 0.05) is 13.0 Å². The summed E-state index contributed by atoms with van der Waals surface area (Å²) in [5.74, 6) is -0.587. The second-order valence-corrected chi connectivity index (χ2v) is 6.02. The highest BCUT2D eigenvalue weighted by Gasteiger charge is 2.18. The average Bonchev–Trinajstić information content (AvgIpc) is 2.59. The van der Waals surface area contributed by atoms with Gasteiger partial charge in [0.2, 0.25) is 5.91 Å². The molecule has 0 fully saturated rings. The van der Waals surface area contributed by atoms with Crippen molar-refractivity contribution in [3.63, 3.8) is 0 Å². The number of rotatable bonds is 8. The molecule has 0 bridgehead atoms. The number of carbonyl (C=O) groups is 1. The van der Waals surface area contributed by atoms with Crippen molar-refractivity contribution in [2.75, 3.05) is 6.61 Å². The topological polar surface area (TPSA) is 49.3 Å². The fourth-order valence-corrected chi connectivity index (χ4v) is 2.82. The largest absolute Gasteiger partial charge is 0.396 e. The molecule has 128 valence electrons. The highest BCUT2D eigenvalue weighted by Crippen LogP contribution is 2.23. The van der Waals surface area contributed by atoms with Gasteiger partial charge in [0.1, 0.15) is 5.82 Å². The number of hydrogen-bond donors (Lipinski definition) is 2. The Morgan fingerprint density at radius 1 is 1.12 bits per heavy atom. The molecule has 0 saturated carbocycles. The molecule has 0 aliphatic carbocycles. The van der Waals surface area contributed by atoms with E-state index in [0.717, 1.165) is 5.56 Å². The van der Waals surface area contributed by atoms with Crippen LogP contribution in [0.15, 0.2) is 54.6 Å². The van der Waals surface area contributed by atoms with Crippen LogP contribution in [0.1, 0.15) is 49.3 Å². The van der Waals surface area contributed by atoms with E-state index >= 15 is 0 Å². The van der Waals surface area contributed by atoms with Crippen molar-refractivity contribution in [2.24, 2.45) is 0 Å². The molecule has 2 aromatic carbocycles. The van der Waals surface area contributed by atoms with Crippen LogP contribution < -0.4 is 5.32 Å². The van der Waals surface area contributed by atoms with Crippen molar-refractivity contribution < 1.29 is 14.3 Å². The normalized spacial score (nSPS) is 13.3. The maximum Gasteiger partial charge on any atom is 0.221 e. The molecular formula is C20H24FNO2. The van der Waals surface area contributed by atoms with Crippen LogP contribution in [0.3, 0.4) is 0 Å². The molecule has 2 rings (SSSR count). The molecule has 2 atom stereocenters. The lowest BCUT2D eigenvalue weighted by molar-refractivity contribution is -0.122. The van der Waals surface area contributed by atoms with E-state index < -0.39 is 0 Å². The Morgan fingerprint density at radius 2 is 1.79 bits per heavy atom. The lowest BCUT2D eigenvalue weighted by Crippen LogP contribution is -2.29. The zero-order valence-electron chi connectivity index (χ0n) is 13.9. The lowest BCUT2D eigenvalue weighted by Gasteiger charge is -2.20. The van der Waals surface area contributed by atoms with Crippen LogP contribution in [0.2, 0.25) is 0 Å². The van der Waals surface area contributed by atoms with Crippen molar-refractivity contribution in [2.45, 2.75) is 38.1 Å². The van der Waals surface area contributed by atoms with E-state index in [1.807, 2.05) is 37.3 Å². The number of carbonyl (C=O) groups excluding carboxylic acids is 1. The van der Waals surface area contributed by atoms with Crippen molar-refractivity contribution >= 4 is 5.91 Å². The van der Waals surface area contributed by atoms with Gasteiger partial charge in [0.15, 0.2) is 0 Å². The first-order valence-corrected chi connectivity index (χ1v) is 8.31. The third kappa shape index (κ3) is 5.17. The van der Waals surface area contributed by atoms with Crippen LogP contribution in [-0.4, -0.2) is 17.6 Å². The van der Waals surface area contributed by atoms with Gasteiger partial charge in [-0.15, -0.1) is 0 Å². The van der Waals surface area contributed by atoms with Crippen molar-refractivity contribution in [3.05, 3.63) is 71.5 Å². The summed E-state index contributed by atoms with van der Waals surface area (Å²) in [6.45, 7) is 1.94. The first kappa shape index (κ1) is 18.1. The van der Waals surface area contributed by atoms with Crippen LogP contribution >= 0.6 is 0 Å². The SMILES string of the molecule is CC(CC(=O)NC(CCCO)c1ccccc1)c1ccccc1F. The highest BCUT2D eigenvalue weighted by atomic mass is 19.1. The minimum absolute atomic E-state index is 0.0881. The van der Waals surface area contributed by atoms with E-state index in [-0.39, 0.29) is 36.7 Å². The van der Waals surface area contributed by atoms with Gasteiger partial charge in [-0.3, -0.25) is 4.79 Å². The van der Waals surface area contributed by atoms with Gasteiger partial charge in [0.25, 0.3) is 0 Å². The molecular weight excluding hydrogens is 305 g/mol. The van der Waals surface area contributed by atoms with Gasteiger partial charge in [-0.2, -0.15) is 0 Å². The Bertz CT molecular complexity index is 645. The summed E-state index contributed by atoms with van der Waals surface area (Å²) in [7, 11) is 0. The van der Waals surface area contributed by atoms with Crippen molar-refractivity contribution in [1.82, 2.24) is 5.32 Å². The summed E-state index contributed by atoms with van der Waals surface area (Å²) in [5.41, 5.74) is 1.57. The number of aliphatic hydroxyl groups excluding tert-OH is 1. The predicted molar refractivity (Wildman–Crippen MR) is 93.1 cm³/mol. The number of hydrogen-bond acceptors (Lipinski definition) is 2. The van der Waals surface area contributed by atoms with E-state index in [4.69, 9.17) is 5.11 Å². The summed E-state index contributed by atoms with van der Waals surface area (Å²) in [6, 6.07) is 16.1. The maximum atomic E-state index is 13.8. The lowest BCUT2D eigenvalue weighted by atomic mass is 9.96. The standard InChI is InChI=1S/C20H24FNO2/c1-15(17-10-5-6-11-18(17)21)14-20(24)22-19(12-7-13-23)16-8-3-2-4-9-16/h2-6,8-11,15,19,23H,7,12-14H2,1H3,(H,22,24). The fraction of sp³-hybridized carbons (Fsp3) is 0.350. The van der Waals surface area contributed by atoms with Gasteiger partial charge < -0.3 is 10.4 Å². The van der Waals surface area contributed by atoms with E-state index in [1.54, 1.807) is 18.2 Å². The number of halogens is 1. The van der Waals surface area contributed by atoms with Crippen LogP contribution in [0, 0.1) is 5.82 Å². The predicted octanol–water partition coefficient (Wildman–Crippen LogP) is 3.95. The summed E-state index contributed by atoms with van der Waals surface area (Å²) in [5, 5.41) is 12.1. The molecule has 0 heterocycles. The summed E-state index contributed by atoms with van der Waals surface area (Å²) >= 11 is 0. The molecule has 0 aliphatic heterocycles. The minimum Gasteiger partial charge on any atom is -0.396 e. The Balaban J connectivity index is 2.01. The van der Waals surface area contributed by atoms with Crippen molar-refractivity contribution in [3.8, 4) is 0 Å². The Morgan fingerprint density at radius 3 is 2.46 bits per heavy atom. The first-order chi connectivity index (χ1) is 11.6. The van der Waals surface area contributed by atoms with E-state index in [9.17, 15) is 9.18 Å². The summed E-state index contributed by atoms with van der Waals surface area (Å²) in [4.78, 5) is 12.4. The van der Waals surface area contributed by atoms with Crippen LogP contribution in [0.5, 0.6) is 0 Å². The van der Waals surface area contributed by atoms with E-state index in [0.29, 0.717) is 18.4 Å². The maximum absolute atomic E-state index is 13.8. The molecule has 2 N–H and O–H groups in total. The molecule has 2 aromatic rings. The Hall–Kier alpha value is -2.20. The Labute approximate surface area is 142 Å². The monoisotopic (exact) mass is 329 g/mol. The smallest absolute Gasteiger partial charge is 0.221 e. The zero-order valence-corrected chi connectivity index (χ0v) is 13.9. The number of aliphatic hydroxyl groups is 1. The number of benzene rings is 2. The van der Waals surface area contributed by atoms with E-state index in [2.05, 4.69) is 5.32 Å². The average molecular weight is 329 g/mol. The van der Waals surface area contributed by atoms with Crippen LogP contribution in [-0.2, 0) is 4.79 Å². The van der Waals surface area contributed by atoms with Gasteiger partial charge in [-0.05, 0) is 36.0 Å². The van der Waals surface area contributed by atoms with Gasteiger partial charge in [-0.1, -0.05) is 55.5 Å². The fourth-order valence-electron chi connectivity index (χ4n) is 2.82. The Kier molecular flexibility index (Phi) is 6.94. The number of amides is 1. The quantitative estimate of drug-likeness (QED) is 0.770. The first-order valence-electron chi connectivity index (χ1n) is 8.31. The molecule has 3 nitrogen and oxygen atoms in total. The second kappa shape index (κ2) is 9.18. The van der Waals surface area contributed by atoms with Crippen LogP contribution in [0.25, 0.3) is 0 Å². The zero-order chi connectivity index (χ0) is 17.4. The summed E-state index contributed by atoms with van der Waals surface area (Å²) in [6.07, 6.45) is 1.51. The highest BCUT2D eigenvalue weighted by molar-refractivity contribution is 5.77. The van der Waals surface area contributed by atoms with Gasteiger partial charge >= 0.3 is 0 Å². The molecule has 0 saturated heterocycles. The molecule has 24 heavy (non-hydrogen) atoms. The molecule has 0 aromatic heterocycles. The third-order valence-corrected chi connectivity index (χ3v) is 4.12. The molecule has 0 aliphatic rings. The van der Waals surface area contributed by atoms with E-state index in [1.165, 1.54) is 6.07 Å². The minimum atomic E-state index is -0.280. The van der Waals surface area contributed by atoms with Crippen LogP contribution in [0.4, 0.5) is 4.39 Å². The molecule has 0 spiro atoms. The summed E-state index contributed by atoms with van der Waals surface area (Å²) < 4.78 is 13.8. The molecule has 2 unspecified atom stereocenters.